The Bertz CT molecular complexity index is 526. The first kappa shape index (κ1) is 13.4. The van der Waals surface area contributed by atoms with Gasteiger partial charge in [-0.05, 0) is 25.1 Å². The van der Waals surface area contributed by atoms with Gasteiger partial charge in [-0.1, -0.05) is 30.3 Å². The van der Waals surface area contributed by atoms with Crippen LogP contribution in [0.5, 0.6) is 11.5 Å². The number of quaternary nitrogens is 1. The fourth-order valence-corrected chi connectivity index (χ4v) is 2.07. The molecule has 3 heteroatoms. The van der Waals surface area contributed by atoms with Crippen LogP contribution in [0, 0.1) is 0 Å². The van der Waals surface area contributed by atoms with Gasteiger partial charge < -0.3 is 15.2 Å². The van der Waals surface area contributed by atoms with E-state index in [2.05, 4.69) is 36.5 Å². The summed E-state index contributed by atoms with van der Waals surface area (Å²) in [6.45, 7) is 3.01. The molecule has 0 aliphatic carbocycles. The Hall–Kier alpha value is -2.00. The third-order valence-electron chi connectivity index (χ3n) is 3.28. The predicted octanol–water partition coefficient (Wildman–Crippen LogP) is 2.23. The number of benzene rings is 2. The maximum absolute atomic E-state index is 9.73. The predicted molar refractivity (Wildman–Crippen MR) is 75.1 cm³/mol. The quantitative estimate of drug-likeness (QED) is 0.864. The second-order valence-electron chi connectivity index (χ2n) is 4.65. The van der Waals surface area contributed by atoms with Crippen LogP contribution in [0.4, 0.5) is 0 Å². The van der Waals surface area contributed by atoms with E-state index < -0.39 is 0 Å². The third kappa shape index (κ3) is 3.48. The zero-order chi connectivity index (χ0) is 13.7. The Morgan fingerprint density at radius 2 is 1.89 bits per heavy atom. The van der Waals surface area contributed by atoms with Crippen LogP contribution in [0.3, 0.4) is 0 Å². The number of hydrogen-bond donors (Lipinski definition) is 2. The summed E-state index contributed by atoms with van der Waals surface area (Å²) in [5.41, 5.74) is 2.39. The van der Waals surface area contributed by atoms with Gasteiger partial charge >= 0.3 is 0 Å². The van der Waals surface area contributed by atoms with Gasteiger partial charge in [0.15, 0.2) is 11.5 Å². The molecule has 0 aromatic heterocycles. The number of hydrogen-bond acceptors (Lipinski definition) is 2. The van der Waals surface area contributed by atoms with Crippen molar-refractivity contribution in [3.05, 3.63) is 59.7 Å². The minimum atomic E-state index is 0.195. The van der Waals surface area contributed by atoms with E-state index in [4.69, 9.17) is 4.74 Å². The molecule has 0 radical (unpaired) electrons. The lowest BCUT2D eigenvalue weighted by atomic mass is 10.1. The average molecular weight is 258 g/mol. The van der Waals surface area contributed by atoms with E-state index >= 15 is 0 Å². The molecule has 0 amide bonds. The number of phenols is 1. The lowest BCUT2D eigenvalue weighted by molar-refractivity contribution is -0.707. The highest BCUT2D eigenvalue weighted by Crippen LogP contribution is 2.25. The van der Waals surface area contributed by atoms with Gasteiger partial charge in [0.05, 0.1) is 7.11 Å². The number of aromatic hydroxyl groups is 1. The van der Waals surface area contributed by atoms with E-state index in [0.29, 0.717) is 11.8 Å². The molecule has 3 nitrogen and oxygen atoms in total. The van der Waals surface area contributed by atoms with Crippen molar-refractivity contribution in [1.82, 2.24) is 0 Å². The van der Waals surface area contributed by atoms with Crippen LogP contribution in [0.1, 0.15) is 24.1 Å². The van der Waals surface area contributed by atoms with Crippen LogP contribution in [-0.4, -0.2) is 12.2 Å². The number of phenolic OH excluding ortho intramolecular Hbond substituents is 1. The summed E-state index contributed by atoms with van der Waals surface area (Å²) < 4.78 is 5.03. The van der Waals surface area contributed by atoms with Crippen molar-refractivity contribution in [2.75, 3.05) is 7.11 Å². The molecule has 0 unspecified atom stereocenters. The van der Waals surface area contributed by atoms with E-state index in [0.717, 1.165) is 12.1 Å². The van der Waals surface area contributed by atoms with Crippen molar-refractivity contribution in [2.24, 2.45) is 0 Å². The Kier molecular flexibility index (Phi) is 4.42. The second-order valence-corrected chi connectivity index (χ2v) is 4.65. The molecule has 2 aromatic carbocycles. The smallest absolute Gasteiger partial charge is 0.160 e. The largest absolute Gasteiger partial charge is 0.504 e. The lowest BCUT2D eigenvalue weighted by Gasteiger charge is -2.11. The summed E-state index contributed by atoms with van der Waals surface area (Å²) in [5.74, 6) is 0.709. The SMILES string of the molecule is COc1ccc(C[NH2+][C@@H](C)c2ccccc2)cc1O. The molecule has 100 valence electrons. The molecule has 1 atom stereocenters. The highest BCUT2D eigenvalue weighted by atomic mass is 16.5. The van der Waals surface area contributed by atoms with Crippen molar-refractivity contribution in [2.45, 2.75) is 19.5 Å². The summed E-state index contributed by atoms with van der Waals surface area (Å²) in [6.07, 6.45) is 0. The summed E-state index contributed by atoms with van der Waals surface area (Å²) in [6, 6.07) is 16.3. The van der Waals surface area contributed by atoms with Crippen LogP contribution >= 0.6 is 0 Å². The topological polar surface area (TPSA) is 46.1 Å². The molecule has 0 fully saturated rings. The van der Waals surface area contributed by atoms with E-state index in [9.17, 15) is 5.11 Å². The average Bonchev–Trinajstić information content (AvgIpc) is 2.46. The lowest BCUT2D eigenvalue weighted by Crippen LogP contribution is -2.83. The summed E-state index contributed by atoms with van der Waals surface area (Å²) in [5, 5.41) is 12.0. The van der Waals surface area contributed by atoms with Crippen molar-refractivity contribution in [1.29, 1.82) is 0 Å². The number of ether oxygens (including phenoxy) is 1. The highest BCUT2D eigenvalue weighted by Gasteiger charge is 2.09. The van der Waals surface area contributed by atoms with Gasteiger partial charge in [0, 0.05) is 11.1 Å². The van der Waals surface area contributed by atoms with Crippen molar-refractivity contribution >= 4 is 0 Å². The maximum atomic E-state index is 9.73. The molecule has 0 heterocycles. The maximum Gasteiger partial charge on any atom is 0.160 e. The van der Waals surface area contributed by atoms with Crippen LogP contribution in [-0.2, 0) is 6.54 Å². The standard InChI is InChI=1S/C16H19NO2/c1-12(14-6-4-3-5-7-14)17-11-13-8-9-16(19-2)15(18)10-13/h3-10,12,17-18H,11H2,1-2H3/p+1/t12-/m0/s1. The molecule has 0 aliphatic rings. The van der Waals surface area contributed by atoms with Gasteiger partial charge in [0.2, 0.25) is 0 Å². The Balaban J connectivity index is 1.97. The Labute approximate surface area is 113 Å². The minimum absolute atomic E-state index is 0.195. The molecule has 0 saturated heterocycles. The Morgan fingerprint density at radius 1 is 1.16 bits per heavy atom. The molecule has 19 heavy (non-hydrogen) atoms. The third-order valence-corrected chi connectivity index (χ3v) is 3.28. The van der Waals surface area contributed by atoms with Gasteiger partial charge in [0.25, 0.3) is 0 Å². The number of rotatable bonds is 5. The molecular weight excluding hydrogens is 238 g/mol. The molecule has 0 saturated carbocycles. The molecule has 3 N–H and O–H groups in total. The molecule has 2 rings (SSSR count). The van der Waals surface area contributed by atoms with Crippen molar-refractivity contribution in [3.8, 4) is 11.5 Å². The zero-order valence-electron chi connectivity index (χ0n) is 11.3. The van der Waals surface area contributed by atoms with E-state index in [1.807, 2.05) is 12.1 Å². The first-order chi connectivity index (χ1) is 9.20. The van der Waals surface area contributed by atoms with Crippen LogP contribution in [0.15, 0.2) is 48.5 Å². The minimum Gasteiger partial charge on any atom is -0.504 e. The molecule has 0 bridgehead atoms. The van der Waals surface area contributed by atoms with Crippen molar-refractivity contribution in [3.63, 3.8) is 0 Å². The summed E-state index contributed by atoms with van der Waals surface area (Å²) in [4.78, 5) is 0. The Morgan fingerprint density at radius 3 is 2.53 bits per heavy atom. The van der Waals surface area contributed by atoms with Gasteiger partial charge in [-0.2, -0.15) is 0 Å². The van der Waals surface area contributed by atoms with Crippen LogP contribution in [0.2, 0.25) is 0 Å². The van der Waals surface area contributed by atoms with Crippen molar-refractivity contribution < 1.29 is 15.2 Å². The van der Waals surface area contributed by atoms with Gasteiger partial charge in [0.1, 0.15) is 12.6 Å². The summed E-state index contributed by atoms with van der Waals surface area (Å²) >= 11 is 0. The van der Waals surface area contributed by atoms with Crippen LogP contribution in [0.25, 0.3) is 0 Å². The van der Waals surface area contributed by atoms with Gasteiger partial charge in [-0.3, -0.25) is 0 Å². The molecular formula is C16H20NO2+. The molecule has 2 aromatic rings. The molecule has 0 aliphatic heterocycles. The fraction of sp³-hybridized carbons (Fsp3) is 0.250. The fourth-order valence-electron chi connectivity index (χ4n) is 2.07. The van der Waals surface area contributed by atoms with Gasteiger partial charge in [-0.25, -0.2) is 0 Å². The first-order valence-corrected chi connectivity index (χ1v) is 6.45. The zero-order valence-corrected chi connectivity index (χ0v) is 11.3. The monoisotopic (exact) mass is 258 g/mol. The number of nitrogens with two attached hydrogens (primary N) is 1. The second kappa shape index (κ2) is 6.25. The summed E-state index contributed by atoms with van der Waals surface area (Å²) in [7, 11) is 1.55. The van der Waals surface area contributed by atoms with E-state index in [-0.39, 0.29) is 5.75 Å². The first-order valence-electron chi connectivity index (χ1n) is 6.45. The molecule has 0 spiro atoms. The number of methoxy groups -OCH3 is 1. The van der Waals surface area contributed by atoms with E-state index in [1.165, 1.54) is 5.56 Å². The normalized spacial score (nSPS) is 12.1. The van der Waals surface area contributed by atoms with Crippen LogP contribution < -0.4 is 10.1 Å². The highest BCUT2D eigenvalue weighted by molar-refractivity contribution is 5.41. The van der Waals surface area contributed by atoms with E-state index in [1.54, 1.807) is 19.2 Å². The van der Waals surface area contributed by atoms with Gasteiger partial charge in [-0.15, -0.1) is 0 Å².